The maximum Gasteiger partial charge on any atom is 0.264 e. The van der Waals surface area contributed by atoms with E-state index in [-0.39, 0.29) is 41.6 Å². The standard InChI is InChI=1S/C18H19FIN3O5S/c1-10(24)16-7-13(18(25)23-8-12(9-23)28-29(3,26)27)17(22(16)2)21-15-5-4-11(20)6-14(15)19/h4-7,12,21H,8-9H2,1-3H3. The van der Waals surface area contributed by atoms with E-state index >= 15 is 0 Å². The average molecular weight is 535 g/mol. The highest BCUT2D eigenvalue weighted by Crippen LogP contribution is 2.29. The summed E-state index contributed by atoms with van der Waals surface area (Å²) in [4.78, 5) is 26.3. The molecule has 1 aliphatic heterocycles. The van der Waals surface area contributed by atoms with Crippen LogP contribution in [0, 0.1) is 9.39 Å². The van der Waals surface area contributed by atoms with Crippen molar-refractivity contribution in [1.29, 1.82) is 0 Å². The monoisotopic (exact) mass is 535 g/mol. The van der Waals surface area contributed by atoms with E-state index in [0.717, 1.165) is 9.83 Å². The molecule has 1 fully saturated rings. The molecule has 1 N–H and O–H groups in total. The number of hydrogen-bond acceptors (Lipinski definition) is 6. The Labute approximate surface area is 181 Å². The van der Waals surface area contributed by atoms with E-state index in [9.17, 15) is 22.4 Å². The minimum atomic E-state index is -3.61. The van der Waals surface area contributed by atoms with Crippen molar-refractivity contribution in [1.82, 2.24) is 9.47 Å². The predicted molar refractivity (Wildman–Crippen MR) is 113 cm³/mol. The van der Waals surface area contributed by atoms with Gasteiger partial charge in [-0.25, -0.2) is 4.39 Å². The second kappa shape index (κ2) is 8.03. The Hall–Kier alpha value is -1.99. The fraction of sp³-hybridized carbons (Fsp3) is 0.333. The summed E-state index contributed by atoms with van der Waals surface area (Å²) in [6.07, 6.45) is 0.348. The number of ketones is 1. The van der Waals surface area contributed by atoms with Crippen molar-refractivity contribution >= 4 is 55.9 Å². The number of nitrogens with one attached hydrogen (secondary N) is 1. The van der Waals surface area contributed by atoms with Crippen LogP contribution < -0.4 is 5.32 Å². The van der Waals surface area contributed by atoms with Crippen LogP contribution in [-0.4, -0.2) is 55.0 Å². The van der Waals surface area contributed by atoms with Gasteiger partial charge in [-0.3, -0.25) is 13.8 Å². The first kappa shape index (κ1) is 21.7. The van der Waals surface area contributed by atoms with Gasteiger partial charge in [-0.2, -0.15) is 8.42 Å². The molecule has 0 bridgehead atoms. The van der Waals surface area contributed by atoms with Crippen LogP contribution in [0.2, 0.25) is 0 Å². The number of rotatable bonds is 6. The normalized spacial score (nSPS) is 14.6. The lowest BCUT2D eigenvalue weighted by molar-refractivity contribution is 0.0207. The van der Waals surface area contributed by atoms with Crippen molar-refractivity contribution in [3.8, 4) is 0 Å². The molecule has 1 amide bonds. The molecule has 1 aliphatic rings. The largest absolute Gasteiger partial charge is 0.339 e. The van der Waals surface area contributed by atoms with Crippen LogP contribution in [0.15, 0.2) is 24.3 Å². The summed E-state index contributed by atoms with van der Waals surface area (Å²) in [7, 11) is -2.01. The highest BCUT2D eigenvalue weighted by atomic mass is 127. The molecule has 156 valence electrons. The first-order valence-electron chi connectivity index (χ1n) is 8.56. The zero-order valence-corrected chi connectivity index (χ0v) is 18.9. The highest BCUT2D eigenvalue weighted by molar-refractivity contribution is 14.1. The van der Waals surface area contributed by atoms with E-state index in [1.54, 1.807) is 19.2 Å². The van der Waals surface area contributed by atoms with E-state index in [1.165, 1.54) is 28.5 Å². The molecule has 0 radical (unpaired) electrons. The van der Waals surface area contributed by atoms with Gasteiger partial charge in [0.1, 0.15) is 17.7 Å². The van der Waals surface area contributed by atoms with E-state index in [1.807, 2.05) is 22.6 Å². The minimum Gasteiger partial charge on any atom is -0.339 e. The smallest absolute Gasteiger partial charge is 0.264 e. The van der Waals surface area contributed by atoms with Crippen LogP contribution in [0.5, 0.6) is 0 Å². The van der Waals surface area contributed by atoms with Crippen LogP contribution in [0.1, 0.15) is 27.8 Å². The molecule has 8 nitrogen and oxygen atoms in total. The van der Waals surface area contributed by atoms with Crippen LogP contribution >= 0.6 is 22.6 Å². The van der Waals surface area contributed by atoms with Crippen molar-refractivity contribution in [2.45, 2.75) is 13.0 Å². The van der Waals surface area contributed by atoms with Crippen molar-refractivity contribution < 1.29 is 26.6 Å². The van der Waals surface area contributed by atoms with Gasteiger partial charge in [-0.15, -0.1) is 0 Å². The fourth-order valence-corrected chi connectivity index (χ4v) is 4.13. The zero-order chi connectivity index (χ0) is 21.5. The van der Waals surface area contributed by atoms with Crippen molar-refractivity contribution in [3.63, 3.8) is 0 Å². The molecule has 3 rings (SSSR count). The molecule has 11 heteroatoms. The van der Waals surface area contributed by atoms with Gasteiger partial charge in [0.15, 0.2) is 5.78 Å². The number of carbonyl (C=O) groups is 2. The van der Waals surface area contributed by atoms with Gasteiger partial charge in [0.2, 0.25) is 0 Å². The Morgan fingerprint density at radius 1 is 1.28 bits per heavy atom. The molecular weight excluding hydrogens is 516 g/mol. The lowest BCUT2D eigenvalue weighted by Gasteiger charge is -2.38. The molecular formula is C18H19FIN3O5S. The summed E-state index contributed by atoms with van der Waals surface area (Å²) in [6, 6.07) is 6.06. The quantitative estimate of drug-likeness (QED) is 0.347. The van der Waals surface area contributed by atoms with Gasteiger partial charge in [0, 0.05) is 17.5 Å². The Morgan fingerprint density at radius 2 is 1.93 bits per heavy atom. The topological polar surface area (TPSA) is 97.7 Å². The molecule has 1 aromatic heterocycles. The van der Waals surface area contributed by atoms with Crippen molar-refractivity contribution in [2.24, 2.45) is 7.05 Å². The number of halogens is 2. The highest BCUT2D eigenvalue weighted by Gasteiger charge is 2.36. The number of amides is 1. The number of likely N-dealkylation sites (tertiary alicyclic amines) is 1. The number of Topliss-reactive ketones (excluding diaryl/α,β-unsaturated/α-hetero) is 1. The third kappa shape index (κ3) is 4.78. The molecule has 0 unspecified atom stereocenters. The second-order valence-electron chi connectivity index (χ2n) is 6.79. The summed E-state index contributed by atoms with van der Waals surface area (Å²) in [5.41, 5.74) is 0.636. The maximum absolute atomic E-state index is 14.3. The van der Waals surface area contributed by atoms with E-state index in [0.29, 0.717) is 0 Å². The number of benzene rings is 1. The average Bonchev–Trinajstić information content (AvgIpc) is 2.89. The molecule has 1 aromatic carbocycles. The Balaban J connectivity index is 1.89. The van der Waals surface area contributed by atoms with Gasteiger partial charge in [0.25, 0.3) is 16.0 Å². The molecule has 0 atom stereocenters. The van der Waals surface area contributed by atoms with Crippen molar-refractivity contribution in [2.75, 3.05) is 24.7 Å². The lowest BCUT2D eigenvalue weighted by Crippen LogP contribution is -2.55. The van der Waals surface area contributed by atoms with Gasteiger partial charge < -0.3 is 14.8 Å². The third-order valence-corrected chi connectivity index (χ3v) is 5.75. The van der Waals surface area contributed by atoms with Crippen LogP contribution in [0.4, 0.5) is 15.9 Å². The molecule has 0 aliphatic carbocycles. The Kier molecular flexibility index (Phi) is 6.01. The molecule has 1 saturated heterocycles. The summed E-state index contributed by atoms with van der Waals surface area (Å²) in [5.74, 6) is -0.881. The summed E-state index contributed by atoms with van der Waals surface area (Å²) in [5, 5.41) is 2.90. The SMILES string of the molecule is CC(=O)c1cc(C(=O)N2CC(OS(C)(=O)=O)C2)c(Nc2ccc(I)cc2F)n1C. The first-order chi connectivity index (χ1) is 13.5. The van der Waals surface area contributed by atoms with Gasteiger partial charge in [-0.05, 0) is 46.9 Å². The summed E-state index contributed by atoms with van der Waals surface area (Å²) < 4.78 is 43.8. The fourth-order valence-electron chi connectivity index (χ4n) is 3.06. The van der Waals surface area contributed by atoms with Crippen molar-refractivity contribution in [3.05, 3.63) is 44.9 Å². The predicted octanol–water partition coefficient (Wildman–Crippen LogP) is 2.52. The van der Waals surface area contributed by atoms with Crippen LogP contribution in [-0.2, 0) is 21.3 Å². The summed E-state index contributed by atoms with van der Waals surface area (Å²) >= 11 is 1.99. The lowest BCUT2D eigenvalue weighted by atomic mass is 10.1. The van der Waals surface area contributed by atoms with E-state index in [2.05, 4.69) is 5.32 Å². The maximum atomic E-state index is 14.3. The molecule has 0 spiro atoms. The van der Waals surface area contributed by atoms with Crippen LogP contribution in [0.3, 0.4) is 0 Å². The van der Waals surface area contributed by atoms with Gasteiger partial charge in [-0.1, -0.05) is 0 Å². The first-order valence-corrected chi connectivity index (χ1v) is 11.5. The van der Waals surface area contributed by atoms with Crippen LogP contribution in [0.25, 0.3) is 0 Å². The number of anilines is 2. The Bertz CT molecular complexity index is 1090. The summed E-state index contributed by atoms with van der Waals surface area (Å²) in [6.45, 7) is 1.58. The molecule has 0 saturated carbocycles. The molecule has 2 heterocycles. The van der Waals surface area contributed by atoms with E-state index < -0.39 is 27.9 Å². The van der Waals surface area contributed by atoms with Gasteiger partial charge >= 0.3 is 0 Å². The number of hydrogen-bond donors (Lipinski definition) is 1. The third-order valence-electron chi connectivity index (χ3n) is 4.45. The minimum absolute atomic E-state index is 0.105. The Morgan fingerprint density at radius 3 is 2.48 bits per heavy atom. The number of nitrogens with zero attached hydrogens (tertiary/aromatic N) is 2. The number of aromatic nitrogens is 1. The molecule has 29 heavy (non-hydrogen) atoms. The van der Waals surface area contributed by atoms with E-state index in [4.69, 9.17) is 4.18 Å². The number of carbonyl (C=O) groups excluding carboxylic acids is 2. The van der Waals surface area contributed by atoms with Gasteiger partial charge in [0.05, 0.1) is 36.3 Å². The second-order valence-corrected chi connectivity index (χ2v) is 9.64. The zero-order valence-electron chi connectivity index (χ0n) is 15.9. The molecule has 2 aromatic rings.